The number of hydrogen-bond donors (Lipinski definition) is 1. The number of nitrogens with one attached hydrogen (secondary N) is 1. The minimum absolute atomic E-state index is 0.0862. The number of carbonyl (C=O) groups excluding carboxylic acids is 1. The number of rotatable bonds is 7. The molecule has 2 aromatic heterocycles. The Labute approximate surface area is 202 Å². The third-order valence-electron chi connectivity index (χ3n) is 5.61. The van der Waals surface area contributed by atoms with Crippen molar-refractivity contribution in [1.29, 1.82) is 0 Å². The van der Waals surface area contributed by atoms with E-state index in [0.717, 1.165) is 37.3 Å². The molecule has 4 rings (SSSR count). The first-order valence-electron chi connectivity index (χ1n) is 10.9. The molecule has 1 aliphatic rings. The van der Waals surface area contributed by atoms with Crippen LogP contribution in [0.25, 0.3) is 0 Å². The summed E-state index contributed by atoms with van der Waals surface area (Å²) in [6, 6.07) is 9.39. The van der Waals surface area contributed by atoms with Gasteiger partial charge in [0.05, 0.1) is 13.3 Å². The molecule has 8 nitrogen and oxygen atoms in total. The molecule has 0 aliphatic carbocycles. The van der Waals surface area contributed by atoms with E-state index in [1.807, 2.05) is 13.0 Å². The lowest BCUT2D eigenvalue weighted by Crippen LogP contribution is -2.39. The highest BCUT2D eigenvalue weighted by Gasteiger charge is 2.24. The van der Waals surface area contributed by atoms with Crippen LogP contribution in [0.2, 0.25) is 5.02 Å². The molecule has 0 atom stereocenters. The first kappa shape index (κ1) is 23.7. The fraction of sp³-hybridized carbons (Fsp3) is 0.333. The van der Waals surface area contributed by atoms with Gasteiger partial charge in [0.1, 0.15) is 17.7 Å². The van der Waals surface area contributed by atoms with Crippen molar-refractivity contribution >= 4 is 23.3 Å². The summed E-state index contributed by atoms with van der Waals surface area (Å²) in [7, 11) is 1.58. The fourth-order valence-electron chi connectivity index (χ4n) is 3.77. The smallest absolute Gasteiger partial charge is 0.272 e. The molecule has 3 heterocycles. The Morgan fingerprint density at radius 3 is 2.65 bits per heavy atom. The molecular formula is C24H25ClFN5O3. The first-order chi connectivity index (χ1) is 16.4. The second-order valence-corrected chi connectivity index (χ2v) is 8.40. The molecule has 178 valence electrons. The Bertz CT molecular complexity index is 1150. The van der Waals surface area contributed by atoms with Gasteiger partial charge in [-0.1, -0.05) is 17.7 Å². The minimum atomic E-state index is -0.425. The zero-order valence-electron chi connectivity index (χ0n) is 18.9. The average molecular weight is 486 g/mol. The van der Waals surface area contributed by atoms with Gasteiger partial charge in [0.25, 0.3) is 5.91 Å². The zero-order valence-corrected chi connectivity index (χ0v) is 19.7. The van der Waals surface area contributed by atoms with E-state index in [-0.39, 0.29) is 29.3 Å². The van der Waals surface area contributed by atoms with Crippen molar-refractivity contribution in [1.82, 2.24) is 20.5 Å². The molecule has 34 heavy (non-hydrogen) atoms. The van der Waals surface area contributed by atoms with Crippen LogP contribution in [-0.4, -0.2) is 47.4 Å². The van der Waals surface area contributed by atoms with Crippen molar-refractivity contribution < 1.29 is 18.7 Å². The van der Waals surface area contributed by atoms with Gasteiger partial charge in [0.2, 0.25) is 5.88 Å². The lowest BCUT2D eigenvalue weighted by molar-refractivity contribution is 0.0945. The maximum Gasteiger partial charge on any atom is 0.272 e. The van der Waals surface area contributed by atoms with Gasteiger partial charge < -0.3 is 19.7 Å². The Hall–Kier alpha value is -3.46. The highest BCUT2D eigenvalue weighted by molar-refractivity contribution is 6.31. The Balaban J connectivity index is 1.31. The minimum Gasteiger partial charge on any atom is -0.489 e. The van der Waals surface area contributed by atoms with Crippen LogP contribution in [0.4, 0.5) is 10.2 Å². The second-order valence-electron chi connectivity index (χ2n) is 8.00. The number of nitrogens with zero attached hydrogens (tertiary/aromatic N) is 4. The lowest BCUT2D eigenvalue weighted by Gasteiger charge is -2.33. The van der Waals surface area contributed by atoms with Crippen molar-refractivity contribution in [3.8, 4) is 11.6 Å². The predicted octanol–water partition coefficient (Wildman–Crippen LogP) is 3.96. The maximum absolute atomic E-state index is 13.2. The van der Waals surface area contributed by atoms with E-state index in [0.29, 0.717) is 17.2 Å². The number of hydrogen-bond acceptors (Lipinski definition) is 7. The number of ether oxygens (including phenoxy) is 2. The number of carbonyl (C=O) groups is 1. The van der Waals surface area contributed by atoms with Crippen LogP contribution < -0.4 is 19.7 Å². The highest BCUT2D eigenvalue weighted by atomic mass is 35.5. The molecule has 0 saturated carbocycles. The van der Waals surface area contributed by atoms with Gasteiger partial charge in [-0.15, -0.1) is 10.2 Å². The van der Waals surface area contributed by atoms with Crippen molar-refractivity contribution in [3.63, 3.8) is 0 Å². The number of pyridine rings is 1. The van der Waals surface area contributed by atoms with E-state index in [1.54, 1.807) is 25.4 Å². The SMILES string of the molecule is COc1ccc(OC2CCN(c3nnc(C(=O)NCc4ccc(F)cc4Cl)cc3C)CC2)cn1. The summed E-state index contributed by atoms with van der Waals surface area (Å²) < 4.78 is 24.3. The molecule has 0 spiro atoms. The van der Waals surface area contributed by atoms with E-state index in [9.17, 15) is 9.18 Å². The normalized spacial score (nSPS) is 14.1. The number of aryl methyl sites for hydroxylation is 1. The summed E-state index contributed by atoms with van der Waals surface area (Å²) in [6.07, 6.45) is 3.40. The van der Waals surface area contributed by atoms with Gasteiger partial charge in [-0.2, -0.15) is 0 Å². The van der Waals surface area contributed by atoms with Crippen molar-refractivity contribution in [3.05, 3.63) is 70.3 Å². The molecule has 0 radical (unpaired) electrons. The van der Waals surface area contributed by atoms with Crippen LogP contribution in [-0.2, 0) is 6.54 Å². The highest BCUT2D eigenvalue weighted by Crippen LogP contribution is 2.24. The third kappa shape index (κ3) is 5.72. The number of piperidine rings is 1. The van der Waals surface area contributed by atoms with E-state index >= 15 is 0 Å². The van der Waals surface area contributed by atoms with E-state index in [4.69, 9.17) is 21.1 Å². The summed E-state index contributed by atoms with van der Waals surface area (Å²) >= 11 is 6.02. The molecule has 1 N–H and O–H groups in total. The Morgan fingerprint density at radius 2 is 2.00 bits per heavy atom. The molecule has 1 aromatic carbocycles. The first-order valence-corrected chi connectivity index (χ1v) is 11.3. The summed E-state index contributed by atoms with van der Waals surface area (Å²) in [5, 5.41) is 11.4. The van der Waals surface area contributed by atoms with Crippen molar-refractivity contribution in [2.45, 2.75) is 32.4 Å². The maximum atomic E-state index is 13.2. The van der Waals surface area contributed by atoms with Crippen LogP contribution in [0.5, 0.6) is 11.6 Å². The molecule has 10 heteroatoms. The number of aromatic nitrogens is 3. The Kier molecular flexibility index (Phi) is 7.42. The summed E-state index contributed by atoms with van der Waals surface area (Å²) in [6.45, 7) is 3.59. The van der Waals surface area contributed by atoms with Crippen LogP contribution in [0, 0.1) is 12.7 Å². The van der Waals surface area contributed by atoms with Crippen LogP contribution in [0.3, 0.4) is 0 Å². The molecule has 0 unspecified atom stereocenters. The Morgan fingerprint density at radius 1 is 1.21 bits per heavy atom. The van der Waals surface area contributed by atoms with E-state index in [1.165, 1.54) is 18.2 Å². The molecule has 1 saturated heterocycles. The predicted molar refractivity (Wildman–Crippen MR) is 126 cm³/mol. The van der Waals surface area contributed by atoms with Crippen molar-refractivity contribution in [2.24, 2.45) is 0 Å². The summed E-state index contributed by atoms with van der Waals surface area (Å²) in [5.41, 5.74) is 1.69. The molecule has 3 aromatic rings. The number of anilines is 1. The van der Waals surface area contributed by atoms with Gasteiger partial charge in [-0.25, -0.2) is 9.37 Å². The molecular weight excluding hydrogens is 461 g/mol. The molecule has 1 aliphatic heterocycles. The van der Waals surface area contributed by atoms with E-state index in [2.05, 4.69) is 25.4 Å². The third-order valence-corrected chi connectivity index (χ3v) is 5.96. The molecule has 1 amide bonds. The lowest BCUT2D eigenvalue weighted by atomic mass is 10.1. The summed E-state index contributed by atoms with van der Waals surface area (Å²) in [4.78, 5) is 18.8. The topological polar surface area (TPSA) is 89.5 Å². The van der Waals surface area contributed by atoms with Crippen LogP contribution >= 0.6 is 11.6 Å². The number of amides is 1. The zero-order chi connectivity index (χ0) is 24.1. The number of benzene rings is 1. The van der Waals surface area contributed by atoms with Gasteiger partial charge in [0.15, 0.2) is 11.5 Å². The largest absolute Gasteiger partial charge is 0.489 e. The van der Waals surface area contributed by atoms with Gasteiger partial charge >= 0.3 is 0 Å². The van der Waals surface area contributed by atoms with Crippen molar-refractivity contribution in [2.75, 3.05) is 25.1 Å². The van der Waals surface area contributed by atoms with Crippen LogP contribution in [0.15, 0.2) is 42.6 Å². The second kappa shape index (κ2) is 10.6. The van der Waals surface area contributed by atoms with Gasteiger partial charge in [-0.3, -0.25) is 4.79 Å². The van der Waals surface area contributed by atoms with Crippen LogP contribution in [0.1, 0.15) is 34.5 Å². The standard InChI is InChI=1S/C24H25ClFN5O3/c1-15-11-21(24(32)28-13-16-3-4-17(26)12-20(16)25)29-30-23(15)31-9-7-18(8-10-31)34-19-5-6-22(33-2)27-14-19/h3-6,11-12,14,18H,7-10,13H2,1-2H3,(H,28,32). The molecule has 0 bridgehead atoms. The van der Waals surface area contributed by atoms with Gasteiger partial charge in [0, 0.05) is 43.6 Å². The quantitative estimate of drug-likeness (QED) is 0.541. The number of halogens is 2. The monoisotopic (exact) mass is 485 g/mol. The van der Waals surface area contributed by atoms with E-state index < -0.39 is 5.82 Å². The van der Waals surface area contributed by atoms with Gasteiger partial charge in [-0.05, 0) is 42.3 Å². The molecule has 1 fully saturated rings. The summed E-state index contributed by atoms with van der Waals surface area (Å²) in [5.74, 6) is 1.22. The average Bonchev–Trinajstić information content (AvgIpc) is 2.84. The number of methoxy groups -OCH3 is 1. The fourth-order valence-corrected chi connectivity index (χ4v) is 4.00.